The Balaban J connectivity index is 1.94. The quantitative estimate of drug-likeness (QED) is 0.789. The first-order chi connectivity index (χ1) is 12.8. The van der Waals surface area contributed by atoms with E-state index in [2.05, 4.69) is 0 Å². The number of benzene rings is 2. The van der Waals surface area contributed by atoms with Crippen molar-refractivity contribution >= 4 is 21.6 Å². The Kier molecular flexibility index (Phi) is 5.51. The highest BCUT2D eigenvalue weighted by Crippen LogP contribution is 2.27. The van der Waals surface area contributed by atoms with E-state index in [9.17, 15) is 17.6 Å². The van der Waals surface area contributed by atoms with Gasteiger partial charge in [0.1, 0.15) is 11.9 Å². The molecule has 5 nitrogen and oxygen atoms in total. The molecule has 1 heterocycles. The van der Waals surface area contributed by atoms with E-state index < -0.39 is 21.9 Å². The zero-order valence-electron chi connectivity index (χ0n) is 15.4. The van der Waals surface area contributed by atoms with E-state index in [-0.39, 0.29) is 18.0 Å². The Morgan fingerprint density at radius 1 is 1.15 bits per heavy atom. The Morgan fingerprint density at radius 3 is 2.41 bits per heavy atom. The third kappa shape index (κ3) is 3.98. The number of sulfonamides is 1. The van der Waals surface area contributed by atoms with Crippen LogP contribution in [0, 0.1) is 5.82 Å². The van der Waals surface area contributed by atoms with Crippen molar-refractivity contribution in [3.05, 3.63) is 65.5 Å². The molecular formula is C20H23FN2O3S. The number of rotatable bonds is 5. The summed E-state index contributed by atoms with van der Waals surface area (Å²) in [5.41, 5.74) is 2.16. The number of amides is 1. The van der Waals surface area contributed by atoms with Crippen LogP contribution in [0.5, 0.6) is 0 Å². The molecule has 0 N–H and O–H groups in total. The van der Waals surface area contributed by atoms with Crippen LogP contribution in [-0.4, -0.2) is 38.1 Å². The minimum Gasteiger partial charge on any atom is -0.336 e. The molecule has 0 saturated carbocycles. The molecule has 0 fully saturated rings. The van der Waals surface area contributed by atoms with Crippen LogP contribution in [0.15, 0.2) is 48.5 Å². The van der Waals surface area contributed by atoms with E-state index in [1.165, 1.54) is 23.8 Å². The highest BCUT2D eigenvalue weighted by atomic mass is 32.2. The molecule has 0 bridgehead atoms. The van der Waals surface area contributed by atoms with Gasteiger partial charge in [-0.05, 0) is 36.1 Å². The largest absolute Gasteiger partial charge is 0.336 e. The Morgan fingerprint density at radius 2 is 1.78 bits per heavy atom. The summed E-state index contributed by atoms with van der Waals surface area (Å²) < 4.78 is 40.2. The first-order valence-electron chi connectivity index (χ1n) is 8.92. The molecule has 0 saturated heterocycles. The van der Waals surface area contributed by atoms with Crippen molar-refractivity contribution in [3.63, 3.8) is 0 Å². The fraction of sp³-hybridized carbons (Fsp3) is 0.350. The van der Waals surface area contributed by atoms with Crippen molar-refractivity contribution in [3.8, 4) is 0 Å². The predicted molar refractivity (Wildman–Crippen MR) is 103 cm³/mol. The second kappa shape index (κ2) is 7.68. The molecule has 7 heteroatoms. The van der Waals surface area contributed by atoms with Crippen LogP contribution in [0.4, 0.5) is 10.1 Å². The van der Waals surface area contributed by atoms with Gasteiger partial charge < -0.3 is 4.90 Å². The Hall–Kier alpha value is -2.41. The number of hydrogen-bond donors (Lipinski definition) is 0. The van der Waals surface area contributed by atoms with Gasteiger partial charge in [0.2, 0.25) is 15.9 Å². The smallest absolute Gasteiger partial charge is 0.246 e. The van der Waals surface area contributed by atoms with E-state index in [1.54, 1.807) is 17.9 Å². The summed E-state index contributed by atoms with van der Waals surface area (Å²) in [6.07, 6.45) is 1.97. The van der Waals surface area contributed by atoms with Crippen LogP contribution in [0.2, 0.25) is 0 Å². The molecule has 2 aromatic carbocycles. The molecule has 0 aliphatic carbocycles. The zero-order chi connectivity index (χ0) is 19.6. The number of carbonyl (C=O) groups excluding carboxylic acids is 1. The number of fused-ring (bicyclic) bond motifs is 1. The zero-order valence-corrected chi connectivity index (χ0v) is 16.2. The number of hydrogen-bond acceptors (Lipinski definition) is 3. The van der Waals surface area contributed by atoms with Crippen LogP contribution in [-0.2, 0) is 27.8 Å². The summed E-state index contributed by atoms with van der Waals surface area (Å²) in [5, 5.41) is 0. The van der Waals surface area contributed by atoms with Gasteiger partial charge in [-0.3, -0.25) is 9.10 Å². The van der Waals surface area contributed by atoms with Crippen LogP contribution in [0.25, 0.3) is 0 Å². The summed E-state index contributed by atoms with van der Waals surface area (Å²) >= 11 is 0. The lowest BCUT2D eigenvalue weighted by Crippen LogP contribution is -2.52. The number of anilines is 1. The highest BCUT2D eigenvalue weighted by molar-refractivity contribution is 7.92. The van der Waals surface area contributed by atoms with Gasteiger partial charge in [-0.15, -0.1) is 0 Å². The average molecular weight is 390 g/mol. The number of carbonyl (C=O) groups is 1. The SMILES string of the molecule is CC[C@H](C(=O)N1CCc2ccccc2C1)N(c1ccccc1F)S(C)(=O)=O. The van der Waals surface area contributed by atoms with Crippen molar-refractivity contribution in [2.24, 2.45) is 0 Å². The van der Waals surface area contributed by atoms with Gasteiger partial charge in [-0.1, -0.05) is 43.3 Å². The molecule has 0 aromatic heterocycles. The summed E-state index contributed by atoms with van der Waals surface area (Å²) in [6.45, 7) is 2.68. The molecule has 144 valence electrons. The predicted octanol–water partition coefficient (Wildman–Crippen LogP) is 2.96. The van der Waals surface area contributed by atoms with Crippen molar-refractivity contribution in [1.82, 2.24) is 4.90 Å². The third-order valence-electron chi connectivity index (χ3n) is 4.84. The number of para-hydroxylation sites is 1. The van der Waals surface area contributed by atoms with E-state index in [1.807, 2.05) is 24.3 Å². The lowest BCUT2D eigenvalue weighted by molar-refractivity contribution is -0.133. The van der Waals surface area contributed by atoms with E-state index in [0.717, 1.165) is 22.5 Å². The van der Waals surface area contributed by atoms with E-state index >= 15 is 0 Å². The standard InChI is InChI=1S/C20H23FN2O3S/c1-3-18(23(27(2,25)26)19-11-7-6-10-17(19)21)20(24)22-13-12-15-8-4-5-9-16(15)14-22/h4-11,18H,3,12-14H2,1-2H3/t18-/m1/s1. The summed E-state index contributed by atoms with van der Waals surface area (Å²) in [7, 11) is -3.85. The molecule has 2 aromatic rings. The van der Waals surface area contributed by atoms with Gasteiger partial charge in [0.25, 0.3) is 0 Å². The van der Waals surface area contributed by atoms with Crippen molar-refractivity contribution in [1.29, 1.82) is 0 Å². The van der Waals surface area contributed by atoms with Crippen LogP contribution < -0.4 is 4.31 Å². The van der Waals surface area contributed by atoms with Crippen LogP contribution in [0.1, 0.15) is 24.5 Å². The second-order valence-electron chi connectivity index (χ2n) is 6.71. The third-order valence-corrected chi connectivity index (χ3v) is 6.01. The fourth-order valence-corrected chi connectivity index (χ4v) is 4.75. The van der Waals surface area contributed by atoms with Crippen LogP contribution in [0.3, 0.4) is 0 Å². The van der Waals surface area contributed by atoms with E-state index in [4.69, 9.17) is 0 Å². The van der Waals surface area contributed by atoms with Crippen LogP contribution >= 0.6 is 0 Å². The molecule has 0 spiro atoms. The number of nitrogens with zero attached hydrogens (tertiary/aromatic N) is 2. The summed E-state index contributed by atoms with van der Waals surface area (Å²) in [4.78, 5) is 14.9. The molecule has 0 radical (unpaired) electrons. The van der Waals surface area contributed by atoms with Gasteiger partial charge in [-0.2, -0.15) is 0 Å². The van der Waals surface area contributed by atoms with E-state index in [0.29, 0.717) is 13.1 Å². The average Bonchev–Trinajstić information content (AvgIpc) is 2.65. The van der Waals surface area contributed by atoms with Gasteiger partial charge >= 0.3 is 0 Å². The fourth-order valence-electron chi connectivity index (χ4n) is 3.54. The highest BCUT2D eigenvalue weighted by Gasteiger charge is 2.36. The maximum absolute atomic E-state index is 14.3. The summed E-state index contributed by atoms with van der Waals surface area (Å²) in [6, 6.07) is 12.6. The lowest BCUT2D eigenvalue weighted by atomic mass is 9.99. The monoisotopic (exact) mass is 390 g/mol. The molecular weight excluding hydrogens is 367 g/mol. The molecule has 1 aliphatic heterocycles. The Labute approximate surface area is 159 Å². The summed E-state index contributed by atoms with van der Waals surface area (Å²) in [5.74, 6) is -0.973. The molecule has 1 amide bonds. The first kappa shape index (κ1) is 19.4. The van der Waals surface area contributed by atoms with Crippen molar-refractivity contribution in [2.75, 3.05) is 17.1 Å². The maximum Gasteiger partial charge on any atom is 0.246 e. The van der Waals surface area contributed by atoms with Gasteiger partial charge in [0.15, 0.2) is 0 Å². The van der Waals surface area contributed by atoms with Crippen molar-refractivity contribution < 1.29 is 17.6 Å². The number of halogens is 1. The van der Waals surface area contributed by atoms with Gasteiger partial charge in [0.05, 0.1) is 11.9 Å². The normalized spacial score (nSPS) is 15.1. The second-order valence-corrected chi connectivity index (χ2v) is 8.57. The maximum atomic E-state index is 14.3. The van der Waals surface area contributed by atoms with Gasteiger partial charge in [0, 0.05) is 13.1 Å². The topological polar surface area (TPSA) is 57.7 Å². The molecule has 3 rings (SSSR count). The minimum atomic E-state index is -3.85. The molecule has 0 unspecified atom stereocenters. The lowest BCUT2D eigenvalue weighted by Gasteiger charge is -2.36. The minimum absolute atomic E-state index is 0.0994. The molecule has 27 heavy (non-hydrogen) atoms. The first-order valence-corrected chi connectivity index (χ1v) is 10.8. The van der Waals surface area contributed by atoms with Crippen molar-refractivity contribution in [2.45, 2.75) is 32.4 Å². The Bertz CT molecular complexity index is 946. The molecule has 1 atom stereocenters. The molecule has 1 aliphatic rings. The van der Waals surface area contributed by atoms with Gasteiger partial charge in [-0.25, -0.2) is 12.8 Å².